The molecule has 5 rings (SSSR count). The Bertz CT molecular complexity index is 1040. The Morgan fingerprint density at radius 2 is 1.63 bits per heavy atom. The third kappa shape index (κ3) is 3.16. The molecule has 134 valence electrons. The van der Waals surface area contributed by atoms with E-state index in [1.54, 1.807) is 0 Å². The minimum Gasteiger partial charge on any atom is -0.378 e. The quantitative estimate of drug-likeness (QED) is 0.498. The molecule has 3 heteroatoms. The van der Waals surface area contributed by atoms with Gasteiger partial charge in [-0.25, -0.2) is 0 Å². The molecule has 0 saturated heterocycles. The molecule has 1 N–H and O–H groups in total. The van der Waals surface area contributed by atoms with Gasteiger partial charge >= 0.3 is 0 Å². The van der Waals surface area contributed by atoms with Gasteiger partial charge < -0.3 is 5.32 Å². The Balaban J connectivity index is 1.54. The van der Waals surface area contributed by atoms with Crippen LogP contribution in [0, 0.1) is 0 Å². The summed E-state index contributed by atoms with van der Waals surface area (Å²) in [5, 5.41) is 5.31. The fraction of sp³-hybridized carbons (Fsp3) is 0.167. The summed E-state index contributed by atoms with van der Waals surface area (Å²) in [6.07, 6.45) is 4.38. The van der Waals surface area contributed by atoms with Crippen molar-refractivity contribution in [1.29, 1.82) is 0 Å². The van der Waals surface area contributed by atoms with E-state index in [1.807, 2.05) is 18.2 Å². The van der Waals surface area contributed by atoms with Gasteiger partial charge in [-0.05, 0) is 71.0 Å². The lowest BCUT2D eigenvalue weighted by Gasteiger charge is -2.34. The molecule has 2 atom stereocenters. The highest BCUT2D eigenvalue weighted by molar-refractivity contribution is 6.31. The van der Waals surface area contributed by atoms with Crippen LogP contribution in [0.4, 0.5) is 5.69 Å². The number of benzene rings is 3. The van der Waals surface area contributed by atoms with E-state index in [1.165, 1.54) is 33.5 Å². The van der Waals surface area contributed by atoms with Crippen LogP contribution in [0.25, 0.3) is 6.08 Å². The molecule has 0 amide bonds. The van der Waals surface area contributed by atoms with Gasteiger partial charge in [-0.2, -0.15) is 0 Å². The van der Waals surface area contributed by atoms with E-state index in [0.717, 1.165) is 22.9 Å². The van der Waals surface area contributed by atoms with Gasteiger partial charge in [-0.1, -0.05) is 65.7 Å². The Hall–Kier alpha value is -2.22. The van der Waals surface area contributed by atoms with Gasteiger partial charge in [0.05, 0.1) is 0 Å². The lowest BCUT2D eigenvalue weighted by molar-refractivity contribution is 0.626. The number of anilines is 1. The summed E-state index contributed by atoms with van der Waals surface area (Å²) in [6.45, 7) is 0. The maximum Gasteiger partial charge on any atom is 0.0489 e. The van der Waals surface area contributed by atoms with Crippen molar-refractivity contribution in [3.63, 3.8) is 0 Å². The maximum atomic E-state index is 6.32. The first-order valence-corrected chi connectivity index (χ1v) is 10.0. The van der Waals surface area contributed by atoms with Gasteiger partial charge in [-0.15, -0.1) is 0 Å². The standard InChI is InChI=1S/C24H19Cl2N/c25-19-7-5-15(6-8-19)21-14-24(27-23-10-9-20(26)13-22(21)23)18-11-16-3-1-2-4-17(16)12-18/h1-11,13,21,24,27H,12,14H2/t21-,24+/m0/s1. The van der Waals surface area contributed by atoms with Crippen molar-refractivity contribution in [2.45, 2.75) is 24.8 Å². The van der Waals surface area contributed by atoms with E-state index in [9.17, 15) is 0 Å². The number of hydrogen-bond acceptors (Lipinski definition) is 1. The summed E-state index contributed by atoms with van der Waals surface area (Å²) in [5.41, 5.74) is 7.93. The molecule has 2 aliphatic rings. The molecule has 1 nitrogen and oxygen atoms in total. The maximum absolute atomic E-state index is 6.32. The predicted octanol–water partition coefficient (Wildman–Crippen LogP) is 6.95. The molecular weight excluding hydrogens is 373 g/mol. The molecule has 0 fully saturated rings. The van der Waals surface area contributed by atoms with E-state index < -0.39 is 0 Å². The molecule has 27 heavy (non-hydrogen) atoms. The Morgan fingerprint density at radius 3 is 2.44 bits per heavy atom. The summed E-state index contributed by atoms with van der Waals surface area (Å²) in [6, 6.07) is 23.4. The number of hydrogen-bond donors (Lipinski definition) is 1. The minimum atomic E-state index is 0.298. The van der Waals surface area contributed by atoms with Crippen molar-refractivity contribution in [3.8, 4) is 0 Å². The summed E-state index contributed by atoms with van der Waals surface area (Å²) in [4.78, 5) is 0. The van der Waals surface area contributed by atoms with E-state index in [-0.39, 0.29) is 0 Å². The first-order valence-electron chi connectivity index (χ1n) is 9.27. The van der Waals surface area contributed by atoms with Crippen molar-refractivity contribution in [3.05, 3.63) is 105 Å². The van der Waals surface area contributed by atoms with Crippen LogP contribution in [0.2, 0.25) is 10.0 Å². The number of rotatable bonds is 2. The van der Waals surface area contributed by atoms with Crippen LogP contribution in [-0.2, 0) is 6.42 Å². The minimum absolute atomic E-state index is 0.298. The van der Waals surface area contributed by atoms with Gasteiger partial charge in [0.2, 0.25) is 0 Å². The van der Waals surface area contributed by atoms with Crippen molar-refractivity contribution >= 4 is 35.0 Å². The summed E-state index contributed by atoms with van der Waals surface area (Å²) < 4.78 is 0. The molecule has 1 aliphatic carbocycles. The van der Waals surface area contributed by atoms with Crippen LogP contribution in [0.1, 0.15) is 34.6 Å². The van der Waals surface area contributed by atoms with Crippen LogP contribution >= 0.6 is 23.2 Å². The average Bonchev–Trinajstić information content (AvgIpc) is 3.12. The molecule has 1 aliphatic heterocycles. The zero-order chi connectivity index (χ0) is 18.4. The second-order valence-electron chi connectivity index (χ2n) is 7.36. The highest BCUT2D eigenvalue weighted by atomic mass is 35.5. The topological polar surface area (TPSA) is 12.0 Å². The van der Waals surface area contributed by atoms with Crippen molar-refractivity contribution in [2.24, 2.45) is 0 Å². The predicted molar refractivity (Wildman–Crippen MR) is 115 cm³/mol. The van der Waals surface area contributed by atoms with Gasteiger partial charge in [0.15, 0.2) is 0 Å². The summed E-state index contributed by atoms with van der Waals surface area (Å²) >= 11 is 12.4. The molecule has 0 bridgehead atoms. The monoisotopic (exact) mass is 391 g/mol. The van der Waals surface area contributed by atoms with E-state index in [4.69, 9.17) is 23.2 Å². The number of fused-ring (bicyclic) bond motifs is 2. The smallest absolute Gasteiger partial charge is 0.0489 e. The summed E-state index contributed by atoms with van der Waals surface area (Å²) in [7, 11) is 0. The third-order valence-corrected chi connectivity index (χ3v) is 6.19. The zero-order valence-electron chi connectivity index (χ0n) is 14.8. The van der Waals surface area contributed by atoms with Gasteiger partial charge in [0.25, 0.3) is 0 Å². The molecule has 3 aromatic rings. The highest BCUT2D eigenvalue weighted by Crippen LogP contribution is 2.43. The van der Waals surface area contributed by atoms with Gasteiger partial charge in [0, 0.05) is 27.7 Å². The molecule has 0 spiro atoms. The van der Waals surface area contributed by atoms with Gasteiger partial charge in [0.1, 0.15) is 0 Å². The fourth-order valence-electron chi connectivity index (χ4n) is 4.35. The Kier molecular flexibility index (Phi) is 4.22. The van der Waals surface area contributed by atoms with Crippen molar-refractivity contribution < 1.29 is 0 Å². The largest absolute Gasteiger partial charge is 0.378 e. The van der Waals surface area contributed by atoms with Crippen LogP contribution in [-0.4, -0.2) is 6.04 Å². The summed E-state index contributed by atoms with van der Waals surface area (Å²) in [5.74, 6) is 0.298. The third-order valence-electron chi connectivity index (χ3n) is 5.70. The molecule has 1 heterocycles. The lowest BCUT2D eigenvalue weighted by Crippen LogP contribution is -2.30. The lowest BCUT2D eigenvalue weighted by atomic mass is 9.80. The average molecular weight is 392 g/mol. The number of nitrogens with one attached hydrogen (secondary N) is 1. The molecular formula is C24H19Cl2N. The normalized spacial score (nSPS) is 20.4. The molecule has 0 saturated carbocycles. The van der Waals surface area contributed by atoms with Crippen LogP contribution in [0.15, 0.2) is 72.3 Å². The highest BCUT2D eigenvalue weighted by Gasteiger charge is 2.31. The zero-order valence-corrected chi connectivity index (χ0v) is 16.3. The SMILES string of the molecule is Clc1ccc([C@@H]2C[C@H](C3=Cc4ccccc4C3)Nc3ccc(Cl)cc32)cc1. The molecule has 0 radical (unpaired) electrons. The first kappa shape index (κ1) is 16.9. The van der Waals surface area contributed by atoms with E-state index in [0.29, 0.717) is 12.0 Å². The van der Waals surface area contributed by atoms with Gasteiger partial charge in [-0.3, -0.25) is 0 Å². The van der Waals surface area contributed by atoms with Crippen LogP contribution < -0.4 is 5.32 Å². The van der Waals surface area contributed by atoms with Crippen molar-refractivity contribution in [2.75, 3.05) is 5.32 Å². The molecule has 3 aromatic carbocycles. The molecule has 0 unspecified atom stereocenters. The van der Waals surface area contributed by atoms with E-state index in [2.05, 4.69) is 59.9 Å². The molecule has 0 aromatic heterocycles. The fourth-order valence-corrected chi connectivity index (χ4v) is 4.65. The second kappa shape index (κ2) is 6.74. The number of halogens is 2. The second-order valence-corrected chi connectivity index (χ2v) is 8.24. The Morgan fingerprint density at radius 1 is 0.852 bits per heavy atom. The van der Waals surface area contributed by atoms with Crippen LogP contribution in [0.5, 0.6) is 0 Å². The first-order chi connectivity index (χ1) is 13.2. The van der Waals surface area contributed by atoms with E-state index >= 15 is 0 Å². The Labute approximate surface area is 169 Å². The van der Waals surface area contributed by atoms with Crippen LogP contribution in [0.3, 0.4) is 0 Å². The van der Waals surface area contributed by atoms with Crippen molar-refractivity contribution in [1.82, 2.24) is 0 Å².